The number of unbranched alkanes of at least 4 members (excludes halogenated alkanes) is 5. The molecule has 2 heterocycles. The van der Waals surface area contributed by atoms with Crippen molar-refractivity contribution in [3.63, 3.8) is 0 Å². The Morgan fingerprint density at radius 1 is 1.08 bits per heavy atom. The molecule has 1 fully saturated rings. The zero-order chi connectivity index (χ0) is 16.6. The fourth-order valence-electron chi connectivity index (χ4n) is 3.32. The van der Waals surface area contributed by atoms with Gasteiger partial charge in [0.1, 0.15) is 0 Å². The lowest BCUT2D eigenvalue weighted by molar-refractivity contribution is 0.412. The van der Waals surface area contributed by atoms with Gasteiger partial charge in [0.15, 0.2) is 5.82 Å². The Labute approximate surface area is 145 Å². The summed E-state index contributed by atoms with van der Waals surface area (Å²) in [4.78, 5) is 4.56. The predicted molar refractivity (Wildman–Crippen MR) is 96.8 cm³/mol. The summed E-state index contributed by atoms with van der Waals surface area (Å²) in [7, 11) is 0. The number of aryl methyl sites for hydroxylation is 1. The van der Waals surface area contributed by atoms with E-state index in [1.54, 1.807) is 0 Å². The van der Waals surface area contributed by atoms with Crippen molar-refractivity contribution in [2.45, 2.75) is 70.8 Å². The summed E-state index contributed by atoms with van der Waals surface area (Å²) < 4.78 is 5.44. The molecule has 0 aliphatic carbocycles. The molecule has 24 heavy (non-hydrogen) atoms. The molecule has 0 radical (unpaired) electrons. The molecule has 1 saturated heterocycles. The van der Waals surface area contributed by atoms with Crippen molar-refractivity contribution in [3.05, 3.63) is 35.7 Å². The summed E-state index contributed by atoms with van der Waals surface area (Å²) in [5.74, 6) is 1.42. The third-order valence-electron chi connectivity index (χ3n) is 4.83. The molecule has 1 N–H and O–H groups in total. The van der Waals surface area contributed by atoms with E-state index in [9.17, 15) is 0 Å². The van der Waals surface area contributed by atoms with Crippen molar-refractivity contribution in [1.82, 2.24) is 15.5 Å². The first-order valence-electron chi connectivity index (χ1n) is 9.53. The van der Waals surface area contributed by atoms with Gasteiger partial charge in [-0.3, -0.25) is 0 Å². The summed E-state index contributed by atoms with van der Waals surface area (Å²) in [5.41, 5.74) is 2.41. The van der Waals surface area contributed by atoms with Gasteiger partial charge in [-0.1, -0.05) is 56.3 Å². The number of hydrogen-bond donors (Lipinski definition) is 1. The van der Waals surface area contributed by atoms with E-state index in [-0.39, 0.29) is 6.04 Å². The molecule has 1 aromatic carbocycles. The van der Waals surface area contributed by atoms with Gasteiger partial charge in [0.25, 0.3) is 5.89 Å². The van der Waals surface area contributed by atoms with Gasteiger partial charge >= 0.3 is 0 Å². The predicted octanol–water partition coefficient (Wildman–Crippen LogP) is 5.06. The average Bonchev–Trinajstić information content (AvgIpc) is 3.29. The van der Waals surface area contributed by atoms with Crippen molar-refractivity contribution >= 4 is 0 Å². The van der Waals surface area contributed by atoms with Crippen LogP contribution < -0.4 is 5.32 Å². The Hall–Kier alpha value is -1.68. The maximum Gasteiger partial charge on any atom is 0.257 e. The Morgan fingerprint density at radius 3 is 2.62 bits per heavy atom. The molecule has 4 heteroatoms. The minimum Gasteiger partial charge on any atom is -0.334 e. The molecule has 0 saturated carbocycles. The Bertz CT molecular complexity index is 600. The van der Waals surface area contributed by atoms with E-state index < -0.39 is 0 Å². The molecule has 3 rings (SSSR count). The number of nitrogens with zero attached hydrogens (tertiary/aromatic N) is 2. The Kier molecular flexibility index (Phi) is 6.41. The number of nitrogens with one attached hydrogen (secondary N) is 1. The first kappa shape index (κ1) is 17.2. The van der Waals surface area contributed by atoms with Crippen molar-refractivity contribution in [3.8, 4) is 11.5 Å². The maximum atomic E-state index is 5.44. The van der Waals surface area contributed by atoms with Gasteiger partial charge in [-0.15, -0.1) is 0 Å². The molecule has 1 aromatic heterocycles. The normalized spacial score (nSPS) is 17.5. The minimum absolute atomic E-state index is 0.259. The van der Waals surface area contributed by atoms with Crippen LogP contribution >= 0.6 is 0 Å². The van der Waals surface area contributed by atoms with Crippen LogP contribution in [0.3, 0.4) is 0 Å². The quantitative estimate of drug-likeness (QED) is 0.654. The Morgan fingerprint density at radius 2 is 1.88 bits per heavy atom. The van der Waals surface area contributed by atoms with Crippen LogP contribution in [0, 0.1) is 0 Å². The van der Waals surface area contributed by atoms with Crippen LogP contribution in [0.25, 0.3) is 11.5 Å². The van der Waals surface area contributed by atoms with Crippen LogP contribution in [0.5, 0.6) is 0 Å². The maximum absolute atomic E-state index is 5.44. The van der Waals surface area contributed by atoms with Crippen LogP contribution in [0.2, 0.25) is 0 Å². The molecule has 1 aliphatic heterocycles. The molecular formula is C20H29N3O. The highest BCUT2D eigenvalue weighted by Gasteiger charge is 2.21. The molecule has 0 unspecified atom stereocenters. The van der Waals surface area contributed by atoms with E-state index in [0.717, 1.165) is 30.8 Å². The fraction of sp³-hybridized carbons (Fsp3) is 0.600. The third-order valence-corrected chi connectivity index (χ3v) is 4.83. The van der Waals surface area contributed by atoms with E-state index in [2.05, 4.69) is 46.6 Å². The highest BCUT2D eigenvalue weighted by atomic mass is 16.5. The van der Waals surface area contributed by atoms with Crippen molar-refractivity contribution in [1.29, 1.82) is 0 Å². The first-order valence-corrected chi connectivity index (χ1v) is 9.53. The Balaban J connectivity index is 1.49. The molecule has 1 aliphatic rings. The number of rotatable bonds is 9. The average molecular weight is 327 g/mol. The van der Waals surface area contributed by atoms with Crippen molar-refractivity contribution in [2.75, 3.05) is 6.54 Å². The summed E-state index contributed by atoms with van der Waals surface area (Å²) in [6.45, 7) is 3.31. The molecule has 0 bridgehead atoms. The standard InChI is InChI=1S/C20H29N3O/c1-2-3-4-5-6-7-9-16-11-13-17(14-12-16)20-22-19(23-24-20)18-10-8-15-21-18/h11-14,18,21H,2-10,15H2,1H3/t18-/m0/s1. The molecular weight excluding hydrogens is 298 g/mol. The largest absolute Gasteiger partial charge is 0.334 e. The van der Waals surface area contributed by atoms with Crippen LogP contribution in [0.4, 0.5) is 0 Å². The van der Waals surface area contributed by atoms with Gasteiger partial charge < -0.3 is 9.84 Å². The molecule has 0 amide bonds. The van der Waals surface area contributed by atoms with Gasteiger partial charge in [-0.25, -0.2) is 0 Å². The van der Waals surface area contributed by atoms with Crippen LogP contribution in [-0.2, 0) is 6.42 Å². The lowest BCUT2D eigenvalue weighted by Crippen LogP contribution is -2.14. The lowest BCUT2D eigenvalue weighted by Gasteiger charge is -2.03. The summed E-state index contributed by atoms with van der Waals surface area (Å²) in [6.07, 6.45) is 11.5. The molecule has 130 valence electrons. The van der Waals surface area contributed by atoms with Crippen LogP contribution in [0.1, 0.15) is 75.7 Å². The summed E-state index contributed by atoms with van der Waals surface area (Å²) in [5, 5.41) is 7.54. The summed E-state index contributed by atoms with van der Waals surface area (Å²) >= 11 is 0. The van der Waals surface area contributed by atoms with Gasteiger partial charge in [0.05, 0.1) is 6.04 Å². The molecule has 0 spiro atoms. The second-order valence-corrected chi connectivity index (χ2v) is 6.82. The topological polar surface area (TPSA) is 51.0 Å². The minimum atomic E-state index is 0.259. The zero-order valence-electron chi connectivity index (χ0n) is 14.8. The number of aromatic nitrogens is 2. The smallest absolute Gasteiger partial charge is 0.257 e. The van der Waals surface area contributed by atoms with Crippen molar-refractivity contribution < 1.29 is 4.52 Å². The molecule has 2 aromatic rings. The second kappa shape index (κ2) is 8.97. The number of hydrogen-bond acceptors (Lipinski definition) is 4. The lowest BCUT2D eigenvalue weighted by atomic mass is 10.0. The highest BCUT2D eigenvalue weighted by Crippen LogP contribution is 2.24. The monoisotopic (exact) mass is 327 g/mol. The van der Waals surface area contributed by atoms with E-state index in [1.807, 2.05) is 0 Å². The zero-order valence-corrected chi connectivity index (χ0v) is 14.8. The summed E-state index contributed by atoms with van der Waals surface area (Å²) in [6, 6.07) is 8.85. The van der Waals surface area contributed by atoms with Gasteiger partial charge in [0.2, 0.25) is 0 Å². The SMILES string of the molecule is CCCCCCCCc1ccc(-c2nc([C@@H]3CCCN3)no2)cc1. The first-order chi connectivity index (χ1) is 11.9. The van der Waals surface area contributed by atoms with Crippen LogP contribution in [-0.4, -0.2) is 16.7 Å². The highest BCUT2D eigenvalue weighted by molar-refractivity contribution is 5.53. The molecule has 1 atom stereocenters. The van der Waals surface area contributed by atoms with Crippen molar-refractivity contribution in [2.24, 2.45) is 0 Å². The van der Waals surface area contributed by atoms with E-state index in [4.69, 9.17) is 4.52 Å². The van der Waals surface area contributed by atoms with Crippen LogP contribution in [0.15, 0.2) is 28.8 Å². The van der Waals surface area contributed by atoms with Gasteiger partial charge in [0, 0.05) is 5.56 Å². The fourth-order valence-corrected chi connectivity index (χ4v) is 3.32. The van der Waals surface area contributed by atoms with Gasteiger partial charge in [-0.05, 0) is 49.9 Å². The second-order valence-electron chi connectivity index (χ2n) is 6.82. The number of benzene rings is 1. The van der Waals surface area contributed by atoms with E-state index in [0.29, 0.717) is 5.89 Å². The van der Waals surface area contributed by atoms with E-state index in [1.165, 1.54) is 50.5 Å². The third kappa shape index (κ3) is 4.67. The van der Waals surface area contributed by atoms with E-state index >= 15 is 0 Å². The molecule has 4 nitrogen and oxygen atoms in total. The van der Waals surface area contributed by atoms with Gasteiger partial charge in [-0.2, -0.15) is 4.98 Å².